The van der Waals surface area contributed by atoms with E-state index in [9.17, 15) is 5.11 Å². The van der Waals surface area contributed by atoms with Crippen molar-refractivity contribution in [1.82, 2.24) is 29.7 Å². The first kappa shape index (κ1) is 16.7. The molecule has 1 fully saturated rings. The van der Waals surface area contributed by atoms with Gasteiger partial charge < -0.3 is 15.2 Å². The van der Waals surface area contributed by atoms with Crippen molar-refractivity contribution >= 4 is 0 Å². The van der Waals surface area contributed by atoms with Crippen LogP contribution >= 0.6 is 0 Å². The first-order chi connectivity index (χ1) is 11.6. The number of rotatable bonds is 6. The first-order valence-corrected chi connectivity index (χ1v) is 8.30. The number of nitrogens with one attached hydrogen (secondary N) is 1. The van der Waals surface area contributed by atoms with Crippen molar-refractivity contribution in [3.05, 3.63) is 24.3 Å². The van der Waals surface area contributed by atoms with Crippen LogP contribution in [0.2, 0.25) is 0 Å². The van der Waals surface area contributed by atoms with Crippen LogP contribution < -0.4 is 10.1 Å². The van der Waals surface area contributed by atoms with Crippen LogP contribution in [-0.4, -0.2) is 68.9 Å². The van der Waals surface area contributed by atoms with Gasteiger partial charge in [0, 0.05) is 45.1 Å². The van der Waals surface area contributed by atoms with Crippen LogP contribution in [0.1, 0.15) is 25.3 Å². The maximum absolute atomic E-state index is 10.3. The molecule has 0 saturated carbocycles. The van der Waals surface area contributed by atoms with Crippen LogP contribution in [0.15, 0.2) is 18.7 Å². The second-order valence-electron chi connectivity index (χ2n) is 6.13. The van der Waals surface area contributed by atoms with Gasteiger partial charge in [0.1, 0.15) is 12.9 Å². The molecule has 2 aromatic heterocycles. The van der Waals surface area contributed by atoms with Crippen LogP contribution in [-0.2, 0) is 0 Å². The van der Waals surface area contributed by atoms with Gasteiger partial charge in [0.05, 0.1) is 5.56 Å². The fourth-order valence-corrected chi connectivity index (χ4v) is 2.74. The zero-order valence-corrected chi connectivity index (χ0v) is 14.1. The SMILES string of the molecule is CC(C)c1c(O)nc(-n2ccnc2)nc1OCCN1CCNCC1. The number of imidazole rings is 1. The lowest BCUT2D eigenvalue weighted by molar-refractivity contribution is 0.186. The molecule has 1 aliphatic rings. The van der Waals surface area contributed by atoms with Crippen LogP contribution in [0, 0.1) is 0 Å². The van der Waals surface area contributed by atoms with E-state index in [4.69, 9.17) is 4.74 Å². The summed E-state index contributed by atoms with van der Waals surface area (Å²) in [4.78, 5) is 15.0. The molecular weight excluding hydrogens is 308 g/mol. The van der Waals surface area contributed by atoms with Gasteiger partial charge in [0.25, 0.3) is 0 Å². The van der Waals surface area contributed by atoms with Gasteiger partial charge in [-0.2, -0.15) is 9.97 Å². The quantitative estimate of drug-likeness (QED) is 0.808. The number of aromatic hydroxyl groups is 1. The second-order valence-corrected chi connectivity index (χ2v) is 6.13. The number of aromatic nitrogens is 4. The number of nitrogens with zero attached hydrogens (tertiary/aromatic N) is 5. The van der Waals surface area contributed by atoms with E-state index in [0.29, 0.717) is 24.0 Å². The Morgan fingerprint density at radius 1 is 1.29 bits per heavy atom. The zero-order valence-electron chi connectivity index (χ0n) is 14.1. The van der Waals surface area contributed by atoms with Crippen molar-refractivity contribution in [3.63, 3.8) is 0 Å². The minimum atomic E-state index is -0.0409. The van der Waals surface area contributed by atoms with Gasteiger partial charge in [-0.1, -0.05) is 13.8 Å². The lowest BCUT2D eigenvalue weighted by atomic mass is 10.1. The molecule has 2 aromatic rings. The number of ether oxygens (including phenoxy) is 1. The molecule has 0 unspecified atom stereocenters. The summed E-state index contributed by atoms with van der Waals surface area (Å²) >= 11 is 0. The van der Waals surface area contributed by atoms with Gasteiger partial charge in [-0.05, 0) is 5.92 Å². The van der Waals surface area contributed by atoms with E-state index in [1.165, 1.54) is 0 Å². The zero-order chi connectivity index (χ0) is 16.9. The fraction of sp³-hybridized carbons (Fsp3) is 0.562. The molecule has 130 valence electrons. The number of hydrogen-bond donors (Lipinski definition) is 2. The highest BCUT2D eigenvalue weighted by atomic mass is 16.5. The van der Waals surface area contributed by atoms with E-state index in [-0.39, 0.29) is 11.8 Å². The maximum atomic E-state index is 10.3. The smallest absolute Gasteiger partial charge is 0.241 e. The predicted octanol–water partition coefficient (Wildman–Crippen LogP) is 0.775. The van der Waals surface area contributed by atoms with E-state index in [1.54, 1.807) is 23.3 Å². The summed E-state index contributed by atoms with van der Waals surface area (Å²) in [5, 5.41) is 13.6. The van der Waals surface area contributed by atoms with Gasteiger partial charge in [0.2, 0.25) is 17.7 Å². The van der Waals surface area contributed by atoms with Gasteiger partial charge in [-0.25, -0.2) is 4.98 Å². The predicted molar refractivity (Wildman–Crippen MR) is 89.7 cm³/mol. The molecule has 0 amide bonds. The van der Waals surface area contributed by atoms with Crippen LogP contribution in [0.5, 0.6) is 11.8 Å². The molecule has 1 saturated heterocycles. The maximum Gasteiger partial charge on any atom is 0.241 e. The summed E-state index contributed by atoms with van der Waals surface area (Å²) in [6.45, 7) is 9.40. The summed E-state index contributed by atoms with van der Waals surface area (Å²) in [6, 6.07) is 0. The largest absolute Gasteiger partial charge is 0.493 e. The van der Waals surface area contributed by atoms with Crippen molar-refractivity contribution in [2.24, 2.45) is 0 Å². The summed E-state index contributed by atoms with van der Waals surface area (Å²) in [7, 11) is 0. The summed E-state index contributed by atoms with van der Waals surface area (Å²) < 4.78 is 7.56. The van der Waals surface area contributed by atoms with Crippen molar-refractivity contribution in [3.8, 4) is 17.7 Å². The Balaban J connectivity index is 1.76. The summed E-state index contributed by atoms with van der Waals surface area (Å²) in [6.07, 6.45) is 4.96. The molecule has 8 heteroatoms. The van der Waals surface area contributed by atoms with Gasteiger partial charge in [0.15, 0.2) is 0 Å². The molecule has 2 N–H and O–H groups in total. The highest BCUT2D eigenvalue weighted by molar-refractivity contribution is 5.40. The average Bonchev–Trinajstić information content (AvgIpc) is 3.09. The Kier molecular flexibility index (Phi) is 5.27. The third-order valence-corrected chi connectivity index (χ3v) is 4.05. The Morgan fingerprint density at radius 2 is 2.08 bits per heavy atom. The minimum absolute atomic E-state index is 0.0409. The number of hydrogen-bond acceptors (Lipinski definition) is 7. The molecule has 0 radical (unpaired) electrons. The molecule has 0 aromatic carbocycles. The lowest BCUT2D eigenvalue weighted by Crippen LogP contribution is -2.44. The van der Waals surface area contributed by atoms with E-state index in [2.05, 4.69) is 25.2 Å². The lowest BCUT2D eigenvalue weighted by Gasteiger charge is -2.27. The highest BCUT2D eigenvalue weighted by Gasteiger charge is 2.19. The third kappa shape index (κ3) is 3.82. The Bertz CT molecular complexity index is 653. The molecule has 0 spiro atoms. The Labute approximate surface area is 141 Å². The van der Waals surface area contributed by atoms with E-state index in [0.717, 1.165) is 32.7 Å². The third-order valence-electron chi connectivity index (χ3n) is 4.05. The van der Waals surface area contributed by atoms with E-state index >= 15 is 0 Å². The summed E-state index contributed by atoms with van der Waals surface area (Å²) in [5.41, 5.74) is 0.638. The molecule has 0 aliphatic carbocycles. The molecule has 8 nitrogen and oxygen atoms in total. The van der Waals surface area contributed by atoms with Gasteiger partial charge in [-0.3, -0.25) is 9.47 Å². The highest BCUT2D eigenvalue weighted by Crippen LogP contribution is 2.32. The van der Waals surface area contributed by atoms with Crippen LogP contribution in [0.4, 0.5) is 0 Å². The minimum Gasteiger partial charge on any atom is -0.493 e. The molecule has 24 heavy (non-hydrogen) atoms. The monoisotopic (exact) mass is 332 g/mol. The molecule has 3 rings (SSSR count). The van der Waals surface area contributed by atoms with Crippen molar-refractivity contribution in [2.75, 3.05) is 39.3 Å². The van der Waals surface area contributed by atoms with Crippen molar-refractivity contribution < 1.29 is 9.84 Å². The molecule has 0 bridgehead atoms. The fourth-order valence-electron chi connectivity index (χ4n) is 2.74. The average molecular weight is 332 g/mol. The standard InChI is InChI=1S/C16H24N6O2/c1-12(2)13-14(23)19-16(22-8-5-18-11-22)20-15(13)24-10-9-21-6-3-17-4-7-21/h5,8,11-12,17H,3-4,6-7,9-10H2,1-2H3,(H,19,20,23). The molecule has 0 atom stereocenters. The van der Waals surface area contributed by atoms with Gasteiger partial charge >= 0.3 is 0 Å². The first-order valence-electron chi connectivity index (χ1n) is 8.30. The summed E-state index contributed by atoms with van der Waals surface area (Å²) in [5.74, 6) is 0.819. The van der Waals surface area contributed by atoms with E-state index < -0.39 is 0 Å². The normalized spacial score (nSPS) is 15.8. The van der Waals surface area contributed by atoms with Crippen LogP contribution in [0.25, 0.3) is 5.95 Å². The molecule has 1 aliphatic heterocycles. The Morgan fingerprint density at radius 3 is 2.75 bits per heavy atom. The molecular formula is C16H24N6O2. The van der Waals surface area contributed by atoms with Crippen LogP contribution in [0.3, 0.4) is 0 Å². The topological polar surface area (TPSA) is 88.3 Å². The van der Waals surface area contributed by atoms with E-state index in [1.807, 2.05) is 13.8 Å². The Hall–Kier alpha value is -2.19. The van der Waals surface area contributed by atoms with Crippen molar-refractivity contribution in [2.45, 2.75) is 19.8 Å². The van der Waals surface area contributed by atoms with Gasteiger partial charge in [-0.15, -0.1) is 0 Å². The second kappa shape index (κ2) is 7.59. The number of piperazine rings is 1. The van der Waals surface area contributed by atoms with Crippen molar-refractivity contribution in [1.29, 1.82) is 0 Å². The molecule has 3 heterocycles.